The molecule has 0 spiro atoms. The summed E-state index contributed by atoms with van der Waals surface area (Å²) in [5.41, 5.74) is 0.162. The molecule has 0 aliphatic rings. The van der Waals surface area contributed by atoms with E-state index in [0.717, 1.165) is 0 Å². The SMILES string of the molecule is CCOc1cnc2nc(N(C)C)[nH]c(=O)c2n1. The standard InChI is InChI=1S/C10H13N5O2/c1-4-17-6-5-11-8-7(12-6)9(16)14-10(13-8)15(2)3/h5H,4H2,1-3H3,(H,11,13,14,16). The average molecular weight is 235 g/mol. The van der Waals surface area contributed by atoms with Crippen molar-refractivity contribution >= 4 is 17.1 Å². The topological polar surface area (TPSA) is 84.0 Å². The number of anilines is 1. The number of nitrogens with one attached hydrogen (secondary N) is 1. The first kappa shape index (κ1) is 11.3. The predicted octanol–water partition coefficient (Wildman–Crippen LogP) is 0.178. The Kier molecular flexibility index (Phi) is 2.90. The molecular weight excluding hydrogens is 222 g/mol. The van der Waals surface area contributed by atoms with E-state index in [2.05, 4.69) is 19.9 Å². The molecule has 7 nitrogen and oxygen atoms in total. The van der Waals surface area contributed by atoms with Crippen molar-refractivity contribution in [2.24, 2.45) is 0 Å². The molecule has 0 aromatic carbocycles. The highest BCUT2D eigenvalue weighted by atomic mass is 16.5. The van der Waals surface area contributed by atoms with Gasteiger partial charge in [0.05, 0.1) is 12.8 Å². The summed E-state index contributed by atoms with van der Waals surface area (Å²) in [5, 5.41) is 0. The van der Waals surface area contributed by atoms with Gasteiger partial charge >= 0.3 is 0 Å². The molecule has 0 aliphatic heterocycles. The lowest BCUT2D eigenvalue weighted by Gasteiger charge is -2.10. The van der Waals surface area contributed by atoms with Crippen molar-refractivity contribution in [2.75, 3.05) is 25.6 Å². The van der Waals surface area contributed by atoms with Crippen LogP contribution in [0.3, 0.4) is 0 Å². The summed E-state index contributed by atoms with van der Waals surface area (Å²) in [6, 6.07) is 0. The van der Waals surface area contributed by atoms with Gasteiger partial charge in [-0.05, 0) is 6.92 Å². The monoisotopic (exact) mass is 235 g/mol. The second kappa shape index (κ2) is 4.36. The Bertz CT molecular complexity index is 593. The number of nitrogens with zero attached hydrogens (tertiary/aromatic N) is 4. The number of hydrogen-bond acceptors (Lipinski definition) is 6. The Morgan fingerprint density at radius 3 is 2.82 bits per heavy atom. The molecule has 2 aromatic heterocycles. The van der Waals surface area contributed by atoms with Crippen LogP contribution < -0.4 is 15.2 Å². The molecule has 0 amide bonds. The lowest BCUT2D eigenvalue weighted by atomic mass is 10.5. The Labute approximate surface area is 97.5 Å². The van der Waals surface area contributed by atoms with Crippen molar-refractivity contribution in [2.45, 2.75) is 6.92 Å². The van der Waals surface area contributed by atoms with E-state index in [4.69, 9.17) is 4.74 Å². The highest BCUT2D eigenvalue weighted by Crippen LogP contribution is 2.10. The Morgan fingerprint density at radius 2 is 2.18 bits per heavy atom. The van der Waals surface area contributed by atoms with E-state index in [1.165, 1.54) is 6.20 Å². The molecule has 0 radical (unpaired) electrons. The van der Waals surface area contributed by atoms with E-state index in [1.54, 1.807) is 19.0 Å². The van der Waals surface area contributed by atoms with E-state index in [-0.39, 0.29) is 11.1 Å². The van der Waals surface area contributed by atoms with Gasteiger partial charge in [-0.25, -0.2) is 9.97 Å². The maximum absolute atomic E-state index is 11.8. The van der Waals surface area contributed by atoms with Gasteiger partial charge in [0, 0.05) is 14.1 Å². The van der Waals surface area contributed by atoms with Crippen molar-refractivity contribution in [3.63, 3.8) is 0 Å². The Morgan fingerprint density at radius 1 is 1.41 bits per heavy atom. The van der Waals surface area contributed by atoms with Crippen LogP contribution in [0.4, 0.5) is 5.95 Å². The smallest absolute Gasteiger partial charge is 0.280 e. The van der Waals surface area contributed by atoms with Gasteiger partial charge in [0.1, 0.15) is 0 Å². The summed E-state index contributed by atoms with van der Waals surface area (Å²) in [6.07, 6.45) is 1.46. The molecule has 0 fully saturated rings. The Hall–Kier alpha value is -2.18. The van der Waals surface area contributed by atoms with Crippen LogP contribution in [0.1, 0.15) is 6.92 Å². The van der Waals surface area contributed by atoms with Gasteiger partial charge in [-0.15, -0.1) is 0 Å². The zero-order chi connectivity index (χ0) is 12.4. The Balaban J connectivity index is 2.60. The average Bonchev–Trinajstić information content (AvgIpc) is 2.30. The van der Waals surface area contributed by atoms with Crippen molar-refractivity contribution in [3.8, 4) is 5.88 Å². The van der Waals surface area contributed by atoms with E-state index < -0.39 is 0 Å². The number of fused-ring (bicyclic) bond motifs is 1. The van der Waals surface area contributed by atoms with Gasteiger partial charge < -0.3 is 9.64 Å². The van der Waals surface area contributed by atoms with Gasteiger partial charge in [-0.2, -0.15) is 4.98 Å². The number of aromatic nitrogens is 4. The van der Waals surface area contributed by atoms with Crippen LogP contribution in [0.25, 0.3) is 11.2 Å². The predicted molar refractivity (Wildman–Crippen MR) is 63.4 cm³/mol. The van der Waals surface area contributed by atoms with Crippen molar-refractivity contribution < 1.29 is 4.74 Å². The normalized spacial score (nSPS) is 10.5. The second-order valence-corrected chi connectivity index (χ2v) is 3.60. The number of rotatable bonds is 3. The minimum atomic E-state index is -0.326. The summed E-state index contributed by atoms with van der Waals surface area (Å²) in [7, 11) is 3.57. The summed E-state index contributed by atoms with van der Waals surface area (Å²) < 4.78 is 5.18. The highest BCUT2D eigenvalue weighted by Gasteiger charge is 2.09. The van der Waals surface area contributed by atoms with E-state index in [9.17, 15) is 4.79 Å². The van der Waals surface area contributed by atoms with E-state index in [1.807, 2.05) is 6.92 Å². The number of ether oxygens (including phenoxy) is 1. The molecular formula is C10H13N5O2. The van der Waals surface area contributed by atoms with Crippen molar-refractivity contribution in [1.29, 1.82) is 0 Å². The van der Waals surface area contributed by atoms with Crippen LogP contribution >= 0.6 is 0 Å². The first-order valence-electron chi connectivity index (χ1n) is 5.19. The molecule has 90 valence electrons. The molecule has 2 heterocycles. The van der Waals surface area contributed by atoms with E-state index in [0.29, 0.717) is 24.1 Å². The van der Waals surface area contributed by atoms with E-state index >= 15 is 0 Å². The third-order valence-electron chi connectivity index (χ3n) is 2.10. The summed E-state index contributed by atoms with van der Waals surface area (Å²) in [4.78, 5) is 28.4. The summed E-state index contributed by atoms with van der Waals surface area (Å²) >= 11 is 0. The molecule has 0 unspecified atom stereocenters. The molecule has 2 aromatic rings. The maximum Gasteiger partial charge on any atom is 0.280 e. The van der Waals surface area contributed by atoms with Gasteiger partial charge in [-0.3, -0.25) is 9.78 Å². The highest BCUT2D eigenvalue weighted by molar-refractivity contribution is 5.69. The van der Waals surface area contributed by atoms with Crippen molar-refractivity contribution in [3.05, 3.63) is 16.6 Å². The minimum absolute atomic E-state index is 0.182. The van der Waals surface area contributed by atoms with Gasteiger partial charge in [0.2, 0.25) is 11.8 Å². The fourth-order valence-corrected chi connectivity index (χ4v) is 1.32. The molecule has 0 atom stereocenters. The molecule has 0 bridgehead atoms. The van der Waals surface area contributed by atoms with Gasteiger partial charge in [0.25, 0.3) is 5.56 Å². The fraction of sp³-hybridized carbons (Fsp3) is 0.400. The van der Waals surface area contributed by atoms with Crippen LogP contribution in [0.15, 0.2) is 11.0 Å². The van der Waals surface area contributed by atoms with Gasteiger partial charge in [0.15, 0.2) is 11.2 Å². The number of H-pyrrole nitrogens is 1. The zero-order valence-corrected chi connectivity index (χ0v) is 9.89. The minimum Gasteiger partial charge on any atom is -0.477 e. The van der Waals surface area contributed by atoms with Crippen LogP contribution in [0.2, 0.25) is 0 Å². The first-order valence-corrected chi connectivity index (χ1v) is 5.19. The summed E-state index contributed by atoms with van der Waals surface area (Å²) in [5.74, 6) is 0.769. The largest absolute Gasteiger partial charge is 0.477 e. The quantitative estimate of drug-likeness (QED) is 0.816. The van der Waals surface area contributed by atoms with Crippen LogP contribution in [-0.2, 0) is 0 Å². The van der Waals surface area contributed by atoms with Crippen LogP contribution in [-0.4, -0.2) is 40.6 Å². The van der Waals surface area contributed by atoms with Crippen LogP contribution in [0, 0.1) is 0 Å². The summed E-state index contributed by atoms with van der Waals surface area (Å²) in [6.45, 7) is 2.31. The number of aromatic amines is 1. The second-order valence-electron chi connectivity index (χ2n) is 3.60. The maximum atomic E-state index is 11.8. The zero-order valence-electron chi connectivity index (χ0n) is 9.89. The molecule has 7 heteroatoms. The van der Waals surface area contributed by atoms with Crippen LogP contribution in [0.5, 0.6) is 5.88 Å². The molecule has 1 N–H and O–H groups in total. The van der Waals surface area contributed by atoms with Gasteiger partial charge in [-0.1, -0.05) is 0 Å². The third kappa shape index (κ3) is 2.17. The number of hydrogen-bond donors (Lipinski definition) is 1. The molecule has 2 rings (SSSR count). The lowest BCUT2D eigenvalue weighted by Crippen LogP contribution is -2.20. The molecule has 0 aliphatic carbocycles. The molecule has 0 saturated carbocycles. The molecule has 17 heavy (non-hydrogen) atoms. The third-order valence-corrected chi connectivity index (χ3v) is 2.10. The fourth-order valence-electron chi connectivity index (χ4n) is 1.32. The van der Waals surface area contributed by atoms with Crippen molar-refractivity contribution in [1.82, 2.24) is 19.9 Å². The first-order chi connectivity index (χ1) is 8.11. The lowest BCUT2D eigenvalue weighted by molar-refractivity contribution is 0.326. The molecule has 0 saturated heterocycles.